The van der Waals surface area contributed by atoms with Crippen molar-refractivity contribution in [3.05, 3.63) is 236 Å². The highest BCUT2D eigenvalue weighted by Gasteiger charge is 2.31. The summed E-state index contributed by atoms with van der Waals surface area (Å²) in [5, 5.41) is 55.5. The molecule has 4 atom stereocenters. The van der Waals surface area contributed by atoms with Crippen molar-refractivity contribution in [2.75, 3.05) is 106 Å². The summed E-state index contributed by atoms with van der Waals surface area (Å²) in [4.78, 5) is 73.0. The average molecular weight is 2000 g/mol. The Labute approximate surface area is 841 Å². The molecular formula is C108H120ClN15O7S7. The summed E-state index contributed by atoms with van der Waals surface area (Å²) in [5.74, 6) is 7.10. The summed E-state index contributed by atoms with van der Waals surface area (Å²) >= 11 is 18.2. The van der Waals surface area contributed by atoms with Gasteiger partial charge in [0.2, 0.25) is 0 Å². The molecule has 5 aromatic carbocycles. The van der Waals surface area contributed by atoms with Crippen molar-refractivity contribution in [3.63, 3.8) is 0 Å². The maximum Gasteiger partial charge on any atom is 0.275 e. The first-order valence-electron chi connectivity index (χ1n) is 47.8. The van der Waals surface area contributed by atoms with Crippen molar-refractivity contribution >= 4 is 172 Å². The molecule has 14 heterocycles. The molecule has 0 bridgehead atoms. The Morgan fingerprint density at radius 3 is 0.841 bits per heavy atom. The maximum atomic E-state index is 12.7. The number of nitrogens with one attached hydrogen (secondary N) is 2. The van der Waals surface area contributed by atoms with Crippen LogP contribution in [0.25, 0.3) is 103 Å². The van der Waals surface area contributed by atoms with Gasteiger partial charge in [-0.3, -0.25) is 24.0 Å². The lowest BCUT2D eigenvalue weighted by molar-refractivity contribution is 0.0547. The largest absolute Gasteiger partial charge is 0.381 e. The van der Waals surface area contributed by atoms with Crippen LogP contribution in [0.15, 0.2) is 152 Å². The van der Waals surface area contributed by atoms with Gasteiger partial charge in [-0.25, -0.2) is 0 Å². The summed E-state index contributed by atoms with van der Waals surface area (Å²) in [6.45, 7) is 11.6. The predicted octanol–water partition coefficient (Wildman–Crippen LogP) is 23.9. The van der Waals surface area contributed by atoms with Gasteiger partial charge >= 0.3 is 0 Å². The molecule has 4 aliphatic heterocycles. The minimum Gasteiger partial charge on any atom is -0.381 e. The van der Waals surface area contributed by atoms with Crippen LogP contribution < -0.4 is 10.6 Å². The highest BCUT2D eigenvalue weighted by molar-refractivity contribution is 7.99. The number of carbonyl (C=O) groups excluding carboxylic acids is 5. The van der Waals surface area contributed by atoms with Crippen molar-refractivity contribution in [2.45, 2.75) is 143 Å². The standard InChI is InChI=1S/C23H27N3OS.C22H25N3O2S.C21H22ClN3OS2.C21H23N3O2S.C21H23N3OS2/c1-15-9-11-17(12-10-15)20-14-18-19(13-16-7-5-4-6-8-16)24-25-21(22(18)28-20)23(27)26(2)3;1-14-6-8-16(9-7-14)19-12-17-18(11-15-5-4-10-27-13-15)23-24-20(21(17)28-19)22(26)25(2)3;1-25(2)21(26)19-20-16(11-18(28-20)14-5-7-15(22)8-6-14)17(23-24-19)10-13-4-3-9-27-12-13;2*1-13-5-7-15(8-6-13)18-11-16-17(10-14-4-3-9-26-12-14)23-24-19(20(16)27-18)21(25)22-2/h9-12,14,16H,4-8,13H2,1-3H3;6-9,12,15H,4-5,10-11,13H2,1-3H3;5-8,11,13H,3-4,9-10,12H2,1-2H3;2*5-8,11,14H,3-4,9-10,12H2,1-2H3,(H,22,25). The first-order chi connectivity index (χ1) is 66.9. The van der Waals surface area contributed by atoms with E-state index in [0.717, 1.165) is 199 Å². The molecule has 1 aliphatic carbocycles. The predicted molar refractivity (Wildman–Crippen MR) is 571 cm³/mol. The number of ether oxygens (including phenoxy) is 2. The van der Waals surface area contributed by atoms with E-state index < -0.39 is 0 Å². The normalized spacial score (nSPS) is 16.7. The fourth-order valence-electron chi connectivity index (χ4n) is 18.1. The highest BCUT2D eigenvalue weighted by atomic mass is 35.5. The molecule has 30 heteroatoms. The van der Waals surface area contributed by atoms with Gasteiger partial charge in [0.05, 0.1) is 52.0 Å². The Hall–Kier alpha value is -10.4. The van der Waals surface area contributed by atoms with E-state index in [9.17, 15) is 24.0 Å². The highest BCUT2D eigenvalue weighted by Crippen LogP contribution is 2.45. The van der Waals surface area contributed by atoms with Crippen molar-refractivity contribution in [2.24, 2.45) is 29.6 Å². The second-order valence-corrected chi connectivity index (χ2v) is 45.3. The minimum absolute atomic E-state index is 0.0842. The monoisotopic (exact) mass is 2000 g/mol. The first-order valence-corrected chi connectivity index (χ1v) is 54.6. The number of hydrogen-bond donors (Lipinski definition) is 2. The molecule has 5 amide bonds. The lowest BCUT2D eigenvalue weighted by Crippen LogP contribution is -2.24. The third-order valence-electron chi connectivity index (χ3n) is 26.0. The van der Waals surface area contributed by atoms with E-state index in [1.165, 1.54) is 119 Å². The van der Waals surface area contributed by atoms with Crippen LogP contribution in [-0.4, -0.2) is 201 Å². The molecule has 10 aromatic heterocycles. The number of halogens is 1. The Morgan fingerprint density at radius 2 is 0.580 bits per heavy atom. The van der Waals surface area contributed by atoms with E-state index in [4.69, 9.17) is 21.1 Å². The fraction of sp³-hybridized carbons (Fsp3) is 0.398. The number of nitrogens with zero attached hydrogens (tertiary/aromatic N) is 13. The van der Waals surface area contributed by atoms with Crippen LogP contribution in [-0.2, 0) is 41.6 Å². The first kappa shape index (κ1) is 101. The quantitative estimate of drug-likeness (QED) is 0.0718. The second kappa shape index (κ2) is 47.2. The number of carbonyl (C=O) groups is 5. The van der Waals surface area contributed by atoms with Gasteiger partial charge in [-0.2, -0.15) is 49.0 Å². The molecule has 0 spiro atoms. The maximum absolute atomic E-state index is 12.7. The number of amides is 5. The fourth-order valence-corrected chi connectivity index (χ4v) is 26.4. The van der Waals surface area contributed by atoms with Gasteiger partial charge in [0.15, 0.2) is 28.5 Å². The van der Waals surface area contributed by atoms with Gasteiger partial charge in [-0.05, 0) is 234 Å². The Kier molecular flexibility index (Phi) is 34.4. The van der Waals surface area contributed by atoms with Gasteiger partial charge in [0.1, 0.15) is 0 Å². The summed E-state index contributed by atoms with van der Waals surface area (Å²) in [7, 11) is 13.8. The molecule has 718 valence electrons. The Morgan fingerprint density at radius 1 is 0.326 bits per heavy atom. The molecule has 4 saturated heterocycles. The SMILES string of the molecule is CN(C)C(=O)c1nnc(CC2CCCSC2)c2cc(-c3ccc(Cl)cc3)sc12.CNC(=O)c1nnc(CC2CCCOC2)c2cc(-c3ccc(C)cc3)sc12.CNC(=O)c1nnc(CC2CCCSC2)c2cc(-c3ccc(C)cc3)sc12.Cc1ccc(-c2cc3c(CC4CCCCC4)nnc(C(=O)N(C)C)c3s2)cc1.Cc1ccc(-c2cc3c(CC4CCCOC4)nnc(C(=O)N(C)C)c3s2)cc1. The summed E-state index contributed by atoms with van der Waals surface area (Å²) in [5.41, 5.74) is 17.9. The number of rotatable bonds is 20. The molecular weight excluding hydrogens is 1880 g/mol. The van der Waals surface area contributed by atoms with Gasteiger partial charge in [0, 0.05) is 139 Å². The number of hydrogen-bond acceptors (Lipinski definition) is 24. The number of aryl methyl sites for hydroxylation is 4. The van der Waals surface area contributed by atoms with Crippen LogP contribution in [0, 0.1) is 57.3 Å². The molecule has 138 heavy (non-hydrogen) atoms. The summed E-state index contributed by atoms with van der Waals surface area (Å²) < 4.78 is 15.9. The van der Waals surface area contributed by atoms with Crippen LogP contribution in [0.4, 0.5) is 0 Å². The van der Waals surface area contributed by atoms with E-state index in [-0.39, 0.29) is 29.5 Å². The smallest absolute Gasteiger partial charge is 0.275 e. The van der Waals surface area contributed by atoms with E-state index in [0.29, 0.717) is 63.1 Å². The number of thioether (sulfide) groups is 2. The zero-order valence-corrected chi connectivity index (χ0v) is 87.1. The number of aromatic nitrogens is 10. The van der Waals surface area contributed by atoms with Crippen LogP contribution in [0.5, 0.6) is 0 Å². The minimum atomic E-state index is -0.197. The molecule has 2 N–H and O–H groups in total. The van der Waals surface area contributed by atoms with Crippen molar-refractivity contribution in [1.82, 2.24) is 76.3 Å². The van der Waals surface area contributed by atoms with Gasteiger partial charge in [-0.15, -0.1) is 82.2 Å². The molecule has 1 saturated carbocycles. The topological polar surface area (TPSA) is 266 Å². The Bertz CT molecular complexity index is 6220. The zero-order valence-electron chi connectivity index (χ0n) is 80.6. The average Bonchev–Trinajstić information content (AvgIpc) is 1.64. The Balaban J connectivity index is 0.000000125. The van der Waals surface area contributed by atoms with Crippen LogP contribution in [0.2, 0.25) is 5.02 Å². The lowest BCUT2D eigenvalue weighted by atomic mass is 9.85. The second-order valence-electron chi connectivity index (χ2n) is 37.3. The molecule has 0 radical (unpaired) electrons. The van der Waals surface area contributed by atoms with Crippen molar-refractivity contribution < 1.29 is 33.4 Å². The van der Waals surface area contributed by atoms with Crippen molar-refractivity contribution in [1.29, 1.82) is 0 Å². The molecule has 22 nitrogen and oxygen atoms in total. The van der Waals surface area contributed by atoms with E-state index in [2.05, 4.69) is 217 Å². The molecule has 4 unspecified atom stereocenters. The van der Waals surface area contributed by atoms with Gasteiger partial charge in [0.25, 0.3) is 29.5 Å². The third-order valence-corrected chi connectivity index (χ3v) is 34.8. The number of benzene rings is 5. The summed E-state index contributed by atoms with van der Waals surface area (Å²) in [6, 6.07) is 52.7. The summed E-state index contributed by atoms with van der Waals surface area (Å²) in [6.07, 6.45) is 20.5. The number of thiophene rings is 5. The van der Waals surface area contributed by atoms with Crippen LogP contribution in [0.1, 0.15) is 187 Å². The van der Waals surface area contributed by atoms with E-state index >= 15 is 0 Å². The lowest BCUT2D eigenvalue weighted by Gasteiger charge is -2.21. The van der Waals surface area contributed by atoms with Gasteiger partial charge < -0.3 is 34.8 Å². The molecule has 5 fully saturated rings. The number of fused-ring (bicyclic) bond motifs is 5. The van der Waals surface area contributed by atoms with Crippen molar-refractivity contribution in [3.8, 4) is 52.2 Å². The molecule has 20 rings (SSSR count). The van der Waals surface area contributed by atoms with Gasteiger partial charge in [-0.1, -0.05) is 175 Å². The molecule has 5 aliphatic rings. The third kappa shape index (κ3) is 24.7. The van der Waals surface area contributed by atoms with Crippen LogP contribution >= 0.6 is 91.8 Å². The zero-order chi connectivity index (χ0) is 96.6. The van der Waals surface area contributed by atoms with Crippen LogP contribution in [0.3, 0.4) is 0 Å². The molecule has 15 aromatic rings. The van der Waals surface area contributed by atoms with E-state index in [1.54, 1.807) is 128 Å². The van der Waals surface area contributed by atoms with E-state index in [1.807, 2.05) is 47.8 Å².